The van der Waals surface area contributed by atoms with Gasteiger partial charge in [0.05, 0.1) is 5.56 Å². The van der Waals surface area contributed by atoms with Crippen LogP contribution in [0.4, 0.5) is 10.1 Å². The minimum atomic E-state index is -0.871. The fourth-order valence-corrected chi connectivity index (χ4v) is 0.872. The highest BCUT2D eigenvalue weighted by molar-refractivity contribution is 5.90. The zero-order valence-electron chi connectivity index (χ0n) is 7.16. The standard InChI is InChI=1S/C9H7FN2O2/c10-8-5-6(12)1-2-7(8)9(13)14-4-3-11/h1-2,5H,4,12H2. The van der Waals surface area contributed by atoms with Crippen LogP contribution in [-0.2, 0) is 4.74 Å². The first kappa shape index (κ1) is 9.99. The number of carbonyl (C=O) groups excluding carboxylic acids is 1. The lowest BCUT2D eigenvalue weighted by molar-refractivity contribution is 0.0550. The largest absolute Gasteiger partial charge is 0.447 e. The van der Waals surface area contributed by atoms with E-state index in [4.69, 9.17) is 11.0 Å². The molecule has 0 saturated carbocycles. The van der Waals surface area contributed by atoms with Crippen LogP contribution in [0.25, 0.3) is 0 Å². The summed E-state index contributed by atoms with van der Waals surface area (Å²) in [6, 6.07) is 5.22. The second kappa shape index (κ2) is 4.23. The number of nitriles is 1. The van der Waals surface area contributed by atoms with Crippen LogP contribution in [0.15, 0.2) is 18.2 Å². The lowest BCUT2D eigenvalue weighted by atomic mass is 10.2. The monoisotopic (exact) mass is 194 g/mol. The number of benzene rings is 1. The van der Waals surface area contributed by atoms with E-state index in [1.807, 2.05) is 0 Å². The van der Waals surface area contributed by atoms with Crippen molar-refractivity contribution in [3.05, 3.63) is 29.6 Å². The first-order chi connectivity index (χ1) is 6.65. The number of esters is 1. The van der Waals surface area contributed by atoms with Crippen molar-refractivity contribution in [2.24, 2.45) is 0 Å². The van der Waals surface area contributed by atoms with Crippen molar-refractivity contribution in [3.63, 3.8) is 0 Å². The van der Waals surface area contributed by atoms with Gasteiger partial charge in [-0.15, -0.1) is 0 Å². The molecule has 0 amide bonds. The molecule has 0 heterocycles. The van der Waals surface area contributed by atoms with Crippen molar-refractivity contribution in [2.75, 3.05) is 12.3 Å². The SMILES string of the molecule is N#CCOC(=O)c1ccc(N)cc1F. The molecule has 1 aromatic carbocycles. The number of halogens is 1. The van der Waals surface area contributed by atoms with E-state index in [1.165, 1.54) is 12.1 Å². The minimum absolute atomic E-state index is 0.222. The van der Waals surface area contributed by atoms with Crippen LogP contribution in [0, 0.1) is 17.1 Å². The average molecular weight is 194 g/mol. The Bertz CT molecular complexity index is 398. The quantitative estimate of drug-likeness (QED) is 0.564. The molecule has 1 rings (SSSR count). The van der Waals surface area contributed by atoms with Crippen LogP contribution in [0.1, 0.15) is 10.4 Å². The maximum Gasteiger partial charge on any atom is 0.342 e. The van der Waals surface area contributed by atoms with Crippen molar-refractivity contribution in [3.8, 4) is 6.07 Å². The highest BCUT2D eigenvalue weighted by atomic mass is 19.1. The van der Waals surface area contributed by atoms with E-state index in [-0.39, 0.29) is 11.3 Å². The summed E-state index contributed by atoms with van der Waals surface area (Å²) in [4.78, 5) is 11.1. The number of hydrogen-bond acceptors (Lipinski definition) is 4. The van der Waals surface area contributed by atoms with Gasteiger partial charge in [0.2, 0.25) is 0 Å². The lowest BCUT2D eigenvalue weighted by Gasteiger charge is -2.02. The molecule has 0 radical (unpaired) electrons. The zero-order chi connectivity index (χ0) is 10.6. The Kier molecular flexibility index (Phi) is 3.02. The summed E-state index contributed by atoms with van der Waals surface area (Å²) in [5, 5.41) is 8.13. The maximum atomic E-state index is 13.1. The molecule has 0 fully saturated rings. The Morgan fingerprint density at radius 3 is 2.93 bits per heavy atom. The third-order valence-electron chi connectivity index (χ3n) is 1.48. The molecule has 0 unspecified atom stereocenters. The highest BCUT2D eigenvalue weighted by Crippen LogP contribution is 2.12. The molecule has 0 aromatic heterocycles. The number of anilines is 1. The number of nitrogen functional groups attached to an aromatic ring is 1. The van der Waals surface area contributed by atoms with Crippen LogP contribution < -0.4 is 5.73 Å². The summed E-state index contributed by atoms with van der Waals surface area (Å²) in [6.45, 7) is -0.400. The van der Waals surface area contributed by atoms with Crippen LogP contribution in [0.5, 0.6) is 0 Å². The molecule has 2 N–H and O–H groups in total. The molecule has 5 heteroatoms. The summed E-state index contributed by atoms with van der Waals surface area (Å²) < 4.78 is 17.5. The van der Waals surface area contributed by atoms with Gasteiger partial charge in [0.1, 0.15) is 11.9 Å². The Balaban J connectivity index is 2.86. The molecule has 0 aliphatic heterocycles. The second-order valence-electron chi connectivity index (χ2n) is 2.47. The van der Waals surface area contributed by atoms with Gasteiger partial charge >= 0.3 is 5.97 Å². The molecule has 0 aliphatic rings. The van der Waals surface area contributed by atoms with Gasteiger partial charge in [0.25, 0.3) is 0 Å². The maximum absolute atomic E-state index is 13.1. The molecular formula is C9H7FN2O2. The molecule has 0 bridgehead atoms. The molecular weight excluding hydrogens is 187 g/mol. The van der Waals surface area contributed by atoms with Crippen molar-refractivity contribution in [2.45, 2.75) is 0 Å². The molecule has 0 saturated heterocycles. The predicted molar refractivity (Wildman–Crippen MR) is 46.7 cm³/mol. The van der Waals surface area contributed by atoms with E-state index in [0.29, 0.717) is 0 Å². The average Bonchev–Trinajstić information content (AvgIpc) is 2.14. The van der Waals surface area contributed by atoms with Gasteiger partial charge < -0.3 is 10.5 Å². The topological polar surface area (TPSA) is 76.1 Å². The summed E-state index contributed by atoms with van der Waals surface area (Å²) in [5.74, 6) is -1.63. The minimum Gasteiger partial charge on any atom is -0.447 e. The molecule has 0 aliphatic carbocycles. The number of nitrogens with zero attached hydrogens (tertiary/aromatic N) is 1. The van der Waals surface area contributed by atoms with E-state index >= 15 is 0 Å². The zero-order valence-corrected chi connectivity index (χ0v) is 7.16. The van der Waals surface area contributed by atoms with Gasteiger partial charge in [0.15, 0.2) is 6.61 Å². The van der Waals surface area contributed by atoms with Crippen molar-refractivity contribution >= 4 is 11.7 Å². The van der Waals surface area contributed by atoms with Crippen LogP contribution in [0.3, 0.4) is 0 Å². The summed E-state index contributed by atoms with van der Waals surface area (Å²) in [7, 11) is 0. The molecule has 1 aromatic rings. The number of rotatable bonds is 2. The lowest BCUT2D eigenvalue weighted by Crippen LogP contribution is -2.08. The fraction of sp³-hybridized carbons (Fsp3) is 0.111. The van der Waals surface area contributed by atoms with Crippen molar-refractivity contribution in [1.82, 2.24) is 0 Å². The predicted octanol–water partition coefficient (Wildman–Crippen LogP) is 1.09. The Morgan fingerprint density at radius 1 is 1.64 bits per heavy atom. The molecule has 72 valence electrons. The first-order valence-electron chi connectivity index (χ1n) is 3.74. The fourth-order valence-electron chi connectivity index (χ4n) is 0.872. The normalized spacial score (nSPS) is 9.14. The van der Waals surface area contributed by atoms with Gasteiger partial charge in [-0.1, -0.05) is 0 Å². The van der Waals surface area contributed by atoms with Gasteiger partial charge in [-0.2, -0.15) is 5.26 Å². The summed E-state index contributed by atoms with van der Waals surface area (Å²) in [6.07, 6.45) is 0. The van der Waals surface area contributed by atoms with E-state index in [0.717, 1.165) is 6.07 Å². The number of hydrogen-bond donors (Lipinski definition) is 1. The molecule has 0 atom stereocenters. The molecule has 14 heavy (non-hydrogen) atoms. The van der Waals surface area contributed by atoms with E-state index in [2.05, 4.69) is 4.74 Å². The van der Waals surface area contributed by atoms with Gasteiger partial charge in [0, 0.05) is 5.69 Å². The van der Waals surface area contributed by atoms with Gasteiger partial charge in [-0.05, 0) is 18.2 Å². The van der Waals surface area contributed by atoms with E-state index < -0.39 is 18.4 Å². The third kappa shape index (κ3) is 2.20. The molecule has 0 spiro atoms. The van der Waals surface area contributed by atoms with E-state index in [1.54, 1.807) is 6.07 Å². The van der Waals surface area contributed by atoms with Gasteiger partial charge in [-0.3, -0.25) is 0 Å². The number of nitrogens with two attached hydrogens (primary N) is 1. The summed E-state index contributed by atoms with van der Waals surface area (Å²) in [5.41, 5.74) is 5.28. The first-order valence-corrected chi connectivity index (χ1v) is 3.74. The van der Waals surface area contributed by atoms with E-state index in [9.17, 15) is 9.18 Å². The van der Waals surface area contributed by atoms with Crippen LogP contribution >= 0.6 is 0 Å². The smallest absolute Gasteiger partial charge is 0.342 e. The Morgan fingerprint density at radius 2 is 2.36 bits per heavy atom. The third-order valence-corrected chi connectivity index (χ3v) is 1.48. The number of ether oxygens (including phenoxy) is 1. The Labute approximate surface area is 79.7 Å². The van der Waals surface area contributed by atoms with Gasteiger partial charge in [-0.25, -0.2) is 9.18 Å². The van der Waals surface area contributed by atoms with Crippen LogP contribution in [-0.4, -0.2) is 12.6 Å². The second-order valence-corrected chi connectivity index (χ2v) is 2.47. The number of carbonyl (C=O) groups is 1. The van der Waals surface area contributed by atoms with Crippen molar-refractivity contribution in [1.29, 1.82) is 5.26 Å². The summed E-state index contributed by atoms with van der Waals surface area (Å²) >= 11 is 0. The highest BCUT2D eigenvalue weighted by Gasteiger charge is 2.12. The van der Waals surface area contributed by atoms with Crippen LogP contribution in [0.2, 0.25) is 0 Å². The molecule has 4 nitrogen and oxygen atoms in total. The Hall–Kier alpha value is -2.09. The van der Waals surface area contributed by atoms with Crippen molar-refractivity contribution < 1.29 is 13.9 Å².